The normalized spacial score (nSPS) is 18.2. The number of anilines is 1. The second kappa shape index (κ2) is 29.8. The molecule has 418 valence electrons. The van der Waals surface area contributed by atoms with E-state index in [-0.39, 0.29) is 41.8 Å². The Kier molecular flexibility index (Phi) is 23.0. The van der Waals surface area contributed by atoms with E-state index in [0.29, 0.717) is 102 Å². The Morgan fingerprint density at radius 1 is 0.922 bits per heavy atom. The Morgan fingerprint density at radius 2 is 1.68 bits per heavy atom. The smallest absolute Gasteiger partial charge is 0.335 e. The maximum atomic E-state index is 12.5. The fourth-order valence-electron chi connectivity index (χ4n) is 10.5. The first-order chi connectivity index (χ1) is 37.2. The van der Waals surface area contributed by atoms with Crippen LogP contribution in [-0.4, -0.2) is 141 Å². The monoisotopic (exact) mass is 1060 g/mol. The van der Waals surface area contributed by atoms with E-state index in [1.165, 1.54) is 17.2 Å². The van der Waals surface area contributed by atoms with Gasteiger partial charge in [0.2, 0.25) is 0 Å². The summed E-state index contributed by atoms with van der Waals surface area (Å²) in [6.07, 6.45) is 10.8. The molecular formula is C58H80N8O11. The molecule has 0 bridgehead atoms. The van der Waals surface area contributed by atoms with Gasteiger partial charge in [-0.15, -0.1) is 11.7 Å². The van der Waals surface area contributed by atoms with E-state index < -0.39 is 17.0 Å². The minimum Gasteiger partial charge on any atom is -0.504 e. The minimum absolute atomic E-state index is 0.0431. The minimum atomic E-state index is -1.19. The van der Waals surface area contributed by atoms with Crippen molar-refractivity contribution < 1.29 is 53.4 Å². The fraction of sp³-hybridized carbons (Fsp3) is 0.517. The summed E-state index contributed by atoms with van der Waals surface area (Å²) >= 11 is 0. The number of aromatic amines is 1. The van der Waals surface area contributed by atoms with Crippen molar-refractivity contribution in [3.05, 3.63) is 118 Å². The standard InChI is InChI=1S/C37H53N7O6.C21H27NO5/c1-28-10-8-11-32(22-28)39-26-33-27-44(43-42-33)15-19-48-21-20-47-18-14-38-13-6-4-5-7-16-49-34-23-31(37(45)46)24-35(25-34)50-17-9-12-36-29(2)40-41-30(36)3;1-4-10-22-11-9-20(12-16(24)7-8-21(20,26)15(22)3)18-14(2)5-6-17(19(18)25)27-13-23/h8,10-11,22-25,27,38-39H,4-7,9,12-21,26H2,1-3H3,(H,40,41)(H,45,46);4-6,13,15,25-26H,1,7-12H2,2-3H3. The van der Waals surface area contributed by atoms with Crippen molar-refractivity contribution in [2.75, 3.05) is 71.1 Å². The highest BCUT2D eigenvalue weighted by molar-refractivity contribution is 5.88. The van der Waals surface area contributed by atoms with Crippen LogP contribution in [0.15, 0.2) is 73.4 Å². The first-order valence-electron chi connectivity index (χ1n) is 26.9. The van der Waals surface area contributed by atoms with Gasteiger partial charge >= 0.3 is 5.97 Å². The van der Waals surface area contributed by atoms with Crippen LogP contribution in [0.2, 0.25) is 0 Å². The second-order valence-electron chi connectivity index (χ2n) is 20.0. The van der Waals surface area contributed by atoms with Gasteiger partial charge in [-0.25, -0.2) is 9.48 Å². The number of rotatable bonds is 31. The predicted octanol–water partition coefficient (Wildman–Crippen LogP) is 7.75. The average molecular weight is 1070 g/mol. The number of Topliss-reactive ketones (excluding diaryl/α,β-unsaturated/α-hetero) is 1. The van der Waals surface area contributed by atoms with E-state index in [1.54, 1.807) is 28.9 Å². The number of phenols is 1. The number of aromatic hydroxyl groups is 1. The number of piperidine rings is 1. The van der Waals surface area contributed by atoms with Crippen LogP contribution in [0, 0.1) is 27.7 Å². The third kappa shape index (κ3) is 16.7. The lowest BCUT2D eigenvalue weighted by Gasteiger charge is -2.59. The molecule has 1 aliphatic carbocycles. The van der Waals surface area contributed by atoms with Gasteiger partial charge in [0.05, 0.1) is 75.8 Å². The highest BCUT2D eigenvalue weighted by Crippen LogP contribution is 2.57. The Hall–Kier alpha value is -6.64. The number of unbranched alkanes of at least 4 members (excludes halogenated alkanes) is 3. The lowest BCUT2D eigenvalue weighted by molar-refractivity contribution is -0.163. The molecule has 6 N–H and O–H groups in total. The number of ether oxygens (including phenoxy) is 5. The van der Waals surface area contributed by atoms with Crippen LogP contribution in [0.1, 0.15) is 114 Å². The number of carboxylic acids is 1. The number of ketones is 1. The van der Waals surface area contributed by atoms with E-state index in [9.17, 15) is 29.7 Å². The molecule has 0 radical (unpaired) electrons. The maximum absolute atomic E-state index is 12.5. The highest BCUT2D eigenvalue weighted by Gasteiger charge is 2.62. The Labute approximate surface area is 452 Å². The summed E-state index contributed by atoms with van der Waals surface area (Å²) in [4.78, 5) is 37.1. The number of likely N-dealkylation sites (tertiary alicyclic amines) is 1. The number of nitrogens with zero attached hydrogens (tertiary/aromatic N) is 5. The number of aliphatic hydroxyl groups is 1. The Balaban J connectivity index is 0.000000298. The zero-order valence-corrected chi connectivity index (χ0v) is 45.6. The second-order valence-corrected chi connectivity index (χ2v) is 20.0. The molecule has 19 heteroatoms. The first kappa shape index (κ1) is 59.6. The van der Waals surface area contributed by atoms with E-state index in [1.807, 2.05) is 52.1 Å². The number of aromatic carboxylic acids is 1. The maximum Gasteiger partial charge on any atom is 0.335 e. The number of carboxylic acid groups (broad SMARTS) is 1. The van der Waals surface area contributed by atoms with Gasteiger partial charge in [0, 0.05) is 60.4 Å². The molecule has 3 unspecified atom stereocenters. The predicted molar refractivity (Wildman–Crippen MR) is 293 cm³/mol. The van der Waals surface area contributed by atoms with Gasteiger partial charge in [0.25, 0.3) is 6.47 Å². The summed E-state index contributed by atoms with van der Waals surface area (Å²) < 4.78 is 29.8. The number of H-pyrrole nitrogens is 1. The number of aryl methyl sites for hydroxylation is 4. The topological polar surface area (TPSA) is 245 Å². The summed E-state index contributed by atoms with van der Waals surface area (Å²) in [5.74, 6) is -0.0398. The molecule has 77 heavy (non-hydrogen) atoms. The van der Waals surface area contributed by atoms with E-state index in [0.717, 1.165) is 79.9 Å². The van der Waals surface area contributed by atoms with Crippen molar-refractivity contribution in [1.82, 2.24) is 35.4 Å². The lowest BCUT2D eigenvalue weighted by Crippen LogP contribution is -2.69. The van der Waals surface area contributed by atoms with E-state index >= 15 is 0 Å². The summed E-state index contributed by atoms with van der Waals surface area (Å²) in [5, 5.41) is 54.7. The van der Waals surface area contributed by atoms with Crippen LogP contribution in [0.3, 0.4) is 0 Å². The number of hydrogen-bond acceptors (Lipinski definition) is 16. The van der Waals surface area contributed by atoms with Crippen molar-refractivity contribution in [2.45, 2.75) is 129 Å². The summed E-state index contributed by atoms with van der Waals surface area (Å²) in [7, 11) is 0. The van der Waals surface area contributed by atoms with E-state index in [2.05, 4.69) is 61.7 Å². The summed E-state index contributed by atoms with van der Waals surface area (Å²) in [6, 6.07) is 16.2. The number of hydrogen-bond donors (Lipinski definition) is 6. The number of nitrogens with one attached hydrogen (secondary N) is 3. The molecule has 3 aromatic carbocycles. The number of phenolic OH excluding ortho intramolecular Hbond substituents is 1. The fourth-order valence-corrected chi connectivity index (χ4v) is 10.5. The first-order valence-corrected chi connectivity index (χ1v) is 26.9. The van der Waals surface area contributed by atoms with Gasteiger partial charge in [-0.1, -0.05) is 42.3 Å². The number of carbonyl (C=O) groups excluding carboxylic acids is 2. The van der Waals surface area contributed by atoms with Gasteiger partial charge in [-0.05, 0) is 133 Å². The van der Waals surface area contributed by atoms with E-state index in [4.69, 9.17) is 23.7 Å². The third-order valence-electron chi connectivity index (χ3n) is 14.6. The summed E-state index contributed by atoms with van der Waals surface area (Å²) in [5.41, 5.74) is 5.77. The van der Waals surface area contributed by atoms with Crippen molar-refractivity contribution >= 4 is 23.9 Å². The SMILES string of the molecule is C=CCN1CCC2(c3c(C)ccc(OC=O)c3O)CC(=O)CCC2(O)C1C.Cc1cccc(NCc2cn(CCOCCOCCNCCCCCCOc3cc(OCCCc4c(C)n[nH]c4C)cc(C(=O)O)c3)nn2)c1. The van der Waals surface area contributed by atoms with Crippen molar-refractivity contribution in [3.63, 3.8) is 0 Å². The molecule has 0 spiro atoms. The van der Waals surface area contributed by atoms with Crippen LogP contribution in [0.25, 0.3) is 0 Å². The van der Waals surface area contributed by atoms with Crippen LogP contribution >= 0.6 is 0 Å². The molecular weight excluding hydrogens is 985 g/mol. The molecule has 2 fully saturated rings. The van der Waals surface area contributed by atoms with Gasteiger partial charge < -0.3 is 49.6 Å². The molecule has 7 rings (SSSR count). The quantitative estimate of drug-likeness (QED) is 0.0141. The number of carbonyl (C=O) groups is 3. The molecule has 3 heterocycles. The van der Waals surface area contributed by atoms with Gasteiger partial charge in [-0.3, -0.25) is 19.6 Å². The van der Waals surface area contributed by atoms with Crippen LogP contribution in [0.4, 0.5) is 5.69 Å². The van der Waals surface area contributed by atoms with Crippen LogP contribution < -0.4 is 24.8 Å². The molecule has 3 atom stereocenters. The van der Waals surface area contributed by atoms with Crippen LogP contribution in [0.5, 0.6) is 23.0 Å². The molecule has 2 aromatic heterocycles. The van der Waals surface area contributed by atoms with Crippen molar-refractivity contribution in [3.8, 4) is 23.0 Å². The molecule has 5 aromatic rings. The molecule has 2 aliphatic rings. The van der Waals surface area contributed by atoms with Crippen LogP contribution in [-0.2, 0) is 44.0 Å². The summed E-state index contributed by atoms with van der Waals surface area (Å²) in [6.45, 7) is 21.5. The zero-order chi connectivity index (χ0) is 55.2. The number of fused-ring (bicyclic) bond motifs is 1. The molecule has 1 saturated carbocycles. The highest BCUT2D eigenvalue weighted by atomic mass is 16.5. The Morgan fingerprint density at radius 3 is 2.39 bits per heavy atom. The van der Waals surface area contributed by atoms with Gasteiger partial charge in [0.15, 0.2) is 11.5 Å². The number of aromatic nitrogens is 5. The Bertz CT molecular complexity index is 2670. The zero-order valence-electron chi connectivity index (χ0n) is 45.6. The molecule has 19 nitrogen and oxygen atoms in total. The molecule has 0 amide bonds. The largest absolute Gasteiger partial charge is 0.504 e. The van der Waals surface area contributed by atoms with Gasteiger partial charge in [-0.2, -0.15) is 5.10 Å². The molecule has 1 aliphatic heterocycles. The average Bonchev–Trinajstić information content (AvgIpc) is 4.11. The lowest BCUT2D eigenvalue weighted by atomic mass is 9.53. The third-order valence-corrected chi connectivity index (χ3v) is 14.6. The van der Waals surface area contributed by atoms with Crippen molar-refractivity contribution in [1.29, 1.82) is 0 Å². The van der Waals surface area contributed by atoms with Crippen molar-refractivity contribution in [2.24, 2.45) is 0 Å². The molecule has 1 saturated heterocycles. The number of benzene rings is 3. The van der Waals surface area contributed by atoms with Gasteiger partial charge in [0.1, 0.15) is 23.0 Å².